The highest BCUT2D eigenvalue weighted by Crippen LogP contribution is 2.36. The van der Waals surface area contributed by atoms with E-state index in [4.69, 9.17) is 11.6 Å². The Kier molecular flexibility index (Phi) is 5.84. The molecule has 0 radical (unpaired) electrons. The second-order valence-corrected chi connectivity index (χ2v) is 6.14. The van der Waals surface area contributed by atoms with Gasteiger partial charge in [0.15, 0.2) is 0 Å². The van der Waals surface area contributed by atoms with Crippen molar-refractivity contribution in [3.63, 3.8) is 0 Å². The van der Waals surface area contributed by atoms with Gasteiger partial charge in [0.1, 0.15) is 17.8 Å². The van der Waals surface area contributed by atoms with Gasteiger partial charge in [0.25, 0.3) is 5.91 Å². The number of carbonyl (C=O) groups is 1. The molecule has 25 heavy (non-hydrogen) atoms. The van der Waals surface area contributed by atoms with Crippen LogP contribution in [0, 0.1) is 5.92 Å². The van der Waals surface area contributed by atoms with Gasteiger partial charge in [0.05, 0.1) is 11.3 Å². The molecule has 0 aliphatic heterocycles. The number of rotatable bonds is 5. The zero-order chi connectivity index (χ0) is 18.6. The Morgan fingerprint density at radius 1 is 1.24 bits per heavy atom. The average molecular weight is 373 g/mol. The van der Waals surface area contributed by atoms with Gasteiger partial charge in [-0.2, -0.15) is 13.2 Å². The summed E-state index contributed by atoms with van der Waals surface area (Å²) in [6.45, 7) is 4.63. The molecule has 0 saturated heterocycles. The van der Waals surface area contributed by atoms with Crippen LogP contribution >= 0.6 is 11.6 Å². The van der Waals surface area contributed by atoms with Crippen LogP contribution in [-0.2, 0) is 6.18 Å². The molecule has 5 nitrogen and oxygen atoms in total. The second kappa shape index (κ2) is 7.69. The van der Waals surface area contributed by atoms with Crippen LogP contribution in [0.15, 0.2) is 30.6 Å². The minimum atomic E-state index is -4.65. The first-order valence-electron chi connectivity index (χ1n) is 7.41. The lowest BCUT2D eigenvalue weighted by atomic mass is 10.1. The first-order chi connectivity index (χ1) is 11.7. The Morgan fingerprint density at radius 3 is 2.60 bits per heavy atom. The number of nitrogens with one attached hydrogen (secondary N) is 2. The Labute approximate surface area is 147 Å². The van der Waals surface area contributed by atoms with E-state index >= 15 is 0 Å². The van der Waals surface area contributed by atoms with Crippen molar-refractivity contribution in [3.05, 3.63) is 46.9 Å². The number of amides is 1. The fraction of sp³-hybridized carbons (Fsp3) is 0.312. The average Bonchev–Trinajstić information content (AvgIpc) is 2.54. The topological polar surface area (TPSA) is 66.9 Å². The Morgan fingerprint density at radius 2 is 1.96 bits per heavy atom. The minimum absolute atomic E-state index is 0.0515. The van der Waals surface area contributed by atoms with Gasteiger partial charge in [0.2, 0.25) is 0 Å². The van der Waals surface area contributed by atoms with Crippen molar-refractivity contribution >= 4 is 29.0 Å². The van der Waals surface area contributed by atoms with Crippen LogP contribution in [0.3, 0.4) is 0 Å². The van der Waals surface area contributed by atoms with Crippen LogP contribution in [0.25, 0.3) is 0 Å². The molecule has 1 heterocycles. The molecule has 0 aliphatic rings. The van der Waals surface area contributed by atoms with Crippen LogP contribution in [0.2, 0.25) is 5.02 Å². The molecule has 2 aromatic rings. The molecule has 1 aromatic carbocycles. The summed E-state index contributed by atoms with van der Waals surface area (Å²) in [5.41, 5.74) is -1.47. The quantitative estimate of drug-likeness (QED) is 0.812. The fourth-order valence-corrected chi connectivity index (χ4v) is 2.11. The third-order valence-electron chi connectivity index (χ3n) is 3.13. The normalized spacial score (nSPS) is 11.5. The predicted molar refractivity (Wildman–Crippen MR) is 89.8 cm³/mol. The highest BCUT2D eigenvalue weighted by atomic mass is 35.5. The van der Waals surface area contributed by atoms with Crippen molar-refractivity contribution in [1.29, 1.82) is 0 Å². The van der Waals surface area contributed by atoms with Gasteiger partial charge in [-0.25, -0.2) is 9.97 Å². The molecule has 0 aliphatic carbocycles. The predicted octanol–water partition coefficient (Wildman–Crippen LogP) is 4.47. The number of alkyl halides is 3. The molecule has 0 atom stereocenters. The number of halogens is 4. The number of benzene rings is 1. The van der Waals surface area contributed by atoms with Gasteiger partial charge in [-0.05, 0) is 24.1 Å². The fourth-order valence-electron chi connectivity index (χ4n) is 1.93. The maximum absolute atomic E-state index is 13.1. The van der Waals surface area contributed by atoms with Gasteiger partial charge in [-0.3, -0.25) is 4.79 Å². The van der Waals surface area contributed by atoms with Crippen LogP contribution in [0.5, 0.6) is 0 Å². The molecule has 0 spiro atoms. The zero-order valence-corrected chi connectivity index (χ0v) is 14.2. The maximum Gasteiger partial charge on any atom is 0.418 e. The lowest BCUT2D eigenvalue weighted by Gasteiger charge is -2.14. The smallest absolute Gasteiger partial charge is 0.370 e. The van der Waals surface area contributed by atoms with Gasteiger partial charge >= 0.3 is 6.18 Å². The van der Waals surface area contributed by atoms with E-state index in [9.17, 15) is 18.0 Å². The van der Waals surface area contributed by atoms with Crippen molar-refractivity contribution in [3.8, 4) is 0 Å². The van der Waals surface area contributed by atoms with E-state index in [0.29, 0.717) is 18.3 Å². The molecule has 0 unspecified atom stereocenters. The first-order valence-corrected chi connectivity index (χ1v) is 7.78. The summed E-state index contributed by atoms with van der Waals surface area (Å²) in [7, 11) is 0. The SMILES string of the molecule is CC(C)CNc1cc(C(=O)Nc2ccc(Cl)cc2C(F)(F)F)ncn1. The summed E-state index contributed by atoms with van der Waals surface area (Å²) in [5, 5.41) is 5.16. The summed E-state index contributed by atoms with van der Waals surface area (Å²) >= 11 is 5.62. The van der Waals surface area contributed by atoms with Crippen molar-refractivity contribution in [2.75, 3.05) is 17.2 Å². The van der Waals surface area contributed by atoms with E-state index in [-0.39, 0.29) is 10.7 Å². The largest absolute Gasteiger partial charge is 0.418 e. The molecule has 2 N–H and O–H groups in total. The molecule has 9 heteroatoms. The third-order valence-corrected chi connectivity index (χ3v) is 3.36. The third kappa shape index (κ3) is 5.32. The molecule has 2 rings (SSSR count). The number of carbonyl (C=O) groups excluding carboxylic acids is 1. The second-order valence-electron chi connectivity index (χ2n) is 5.71. The molecule has 1 aromatic heterocycles. The van der Waals surface area contributed by atoms with E-state index < -0.39 is 23.3 Å². The van der Waals surface area contributed by atoms with Crippen molar-refractivity contribution in [2.45, 2.75) is 20.0 Å². The molecular weight excluding hydrogens is 357 g/mol. The van der Waals surface area contributed by atoms with Crippen molar-refractivity contribution in [1.82, 2.24) is 9.97 Å². The van der Waals surface area contributed by atoms with Gasteiger partial charge < -0.3 is 10.6 Å². The lowest BCUT2D eigenvalue weighted by molar-refractivity contribution is -0.136. The number of hydrogen-bond acceptors (Lipinski definition) is 4. The van der Waals surface area contributed by atoms with E-state index in [0.717, 1.165) is 12.1 Å². The first kappa shape index (κ1) is 19.0. The van der Waals surface area contributed by atoms with Crippen molar-refractivity contribution < 1.29 is 18.0 Å². The van der Waals surface area contributed by atoms with Crippen LogP contribution < -0.4 is 10.6 Å². The summed E-state index contributed by atoms with van der Waals surface area (Å²) in [4.78, 5) is 20.0. The van der Waals surface area contributed by atoms with Gasteiger partial charge in [-0.15, -0.1) is 0 Å². The molecule has 0 saturated carbocycles. The van der Waals surface area contributed by atoms with Gasteiger partial charge in [0, 0.05) is 17.6 Å². The summed E-state index contributed by atoms with van der Waals surface area (Å²) in [6, 6.07) is 4.50. The van der Waals surface area contributed by atoms with Gasteiger partial charge in [-0.1, -0.05) is 25.4 Å². The van der Waals surface area contributed by atoms with E-state index in [2.05, 4.69) is 20.6 Å². The summed E-state index contributed by atoms with van der Waals surface area (Å²) in [6.07, 6.45) is -3.48. The molecule has 1 amide bonds. The zero-order valence-electron chi connectivity index (χ0n) is 13.5. The minimum Gasteiger partial charge on any atom is -0.370 e. The standard InChI is InChI=1S/C16H16ClF3N4O/c1-9(2)7-21-14-6-13(22-8-23-14)15(25)24-12-4-3-10(17)5-11(12)16(18,19)20/h3-6,8-9H,7H2,1-2H3,(H,24,25)(H,21,22,23). The summed E-state index contributed by atoms with van der Waals surface area (Å²) < 4.78 is 39.2. The maximum atomic E-state index is 13.1. The van der Waals surface area contributed by atoms with Crippen LogP contribution in [0.4, 0.5) is 24.7 Å². The molecule has 0 bridgehead atoms. The van der Waals surface area contributed by atoms with Crippen LogP contribution in [-0.4, -0.2) is 22.4 Å². The highest BCUT2D eigenvalue weighted by molar-refractivity contribution is 6.30. The molecule has 0 fully saturated rings. The lowest BCUT2D eigenvalue weighted by Crippen LogP contribution is -2.18. The number of nitrogens with zero attached hydrogens (tertiary/aromatic N) is 2. The monoisotopic (exact) mass is 372 g/mol. The van der Waals surface area contributed by atoms with Crippen molar-refractivity contribution in [2.24, 2.45) is 5.92 Å². The Balaban J connectivity index is 2.22. The highest BCUT2D eigenvalue weighted by Gasteiger charge is 2.34. The molecular formula is C16H16ClF3N4O. The van der Waals surface area contributed by atoms with Crippen LogP contribution in [0.1, 0.15) is 29.9 Å². The number of anilines is 2. The number of aromatic nitrogens is 2. The Hall–Kier alpha value is -2.35. The summed E-state index contributed by atoms with van der Waals surface area (Å²) in [5.74, 6) is -0.000488. The molecule has 134 valence electrons. The number of hydrogen-bond donors (Lipinski definition) is 2. The Bertz CT molecular complexity index is 765. The van der Waals surface area contributed by atoms with E-state index in [1.165, 1.54) is 18.5 Å². The van der Waals surface area contributed by atoms with E-state index in [1.807, 2.05) is 13.8 Å². The van der Waals surface area contributed by atoms with E-state index in [1.54, 1.807) is 0 Å².